The second-order valence-corrected chi connectivity index (χ2v) is 9.88. The molecular formula is C27H26F2N2O2. The maximum atomic E-state index is 15.6. The van der Waals surface area contributed by atoms with E-state index in [0.29, 0.717) is 0 Å². The molecule has 1 aliphatic heterocycles. The molecule has 6 heteroatoms. The van der Waals surface area contributed by atoms with Crippen LogP contribution < -0.4 is 0 Å². The van der Waals surface area contributed by atoms with Crippen molar-refractivity contribution in [3.63, 3.8) is 0 Å². The summed E-state index contributed by atoms with van der Waals surface area (Å²) in [4.78, 5) is 17.3. The van der Waals surface area contributed by atoms with Gasteiger partial charge in [0.25, 0.3) is 0 Å². The monoisotopic (exact) mass is 448 g/mol. The average Bonchev–Trinajstić information content (AvgIpc) is 3.09. The molecule has 4 aliphatic rings. The first-order valence-corrected chi connectivity index (χ1v) is 11.5. The summed E-state index contributed by atoms with van der Waals surface area (Å²) in [5.74, 6) is -1.01. The third-order valence-electron chi connectivity index (χ3n) is 7.91. The number of halogens is 2. The summed E-state index contributed by atoms with van der Waals surface area (Å²) < 4.78 is 35.9. The summed E-state index contributed by atoms with van der Waals surface area (Å²) in [5, 5.41) is 1.13. The molecule has 2 aromatic carbocycles. The van der Waals surface area contributed by atoms with E-state index in [4.69, 9.17) is 0 Å². The molecular weight excluding hydrogens is 422 g/mol. The molecule has 3 aliphatic carbocycles. The highest BCUT2D eigenvalue weighted by Crippen LogP contribution is 2.64. The molecule has 170 valence electrons. The van der Waals surface area contributed by atoms with Gasteiger partial charge in [-0.25, -0.2) is 13.6 Å². The number of para-hydroxylation sites is 1. The lowest BCUT2D eigenvalue weighted by atomic mass is 9.48. The standard InChI is InChI=1S/C27H26F2N2O2/c1-15-9-19-18-5-3-4-6-22(18)30-25(19)26(31(15)27-12-17(13-27)14-27)24-20(28)10-16(11-21(24)29)7-8-23(32)33-2/h3-8,10-11,15,17,26,30H,9,12-14H2,1-2H3/b8-7+/t15-,17?,26-,27?/m1/s1. The number of hydrogen-bond acceptors (Lipinski definition) is 3. The van der Waals surface area contributed by atoms with Crippen molar-refractivity contribution in [2.24, 2.45) is 5.92 Å². The molecule has 33 heavy (non-hydrogen) atoms. The number of rotatable bonds is 4. The van der Waals surface area contributed by atoms with E-state index in [-0.39, 0.29) is 22.7 Å². The first kappa shape index (κ1) is 20.6. The fraction of sp³-hybridized carbons (Fsp3) is 0.370. The lowest BCUT2D eigenvalue weighted by molar-refractivity contribution is -0.174. The highest BCUT2D eigenvalue weighted by Gasteiger charge is 2.63. The number of carbonyl (C=O) groups is 1. The SMILES string of the molecule is COC(=O)/C=C/c1cc(F)c([C@@H]2c3[nH]c4ccccc4c3C[C@@H](C)N2C23CC(C2)C3)c(F)c1. The van der Waals surface area contributed by atoms with Crippen LogP contribution in [0.1, 0.15) is 54.6 Å². The number of aromatic amines is 1. The minimum atomic E-state index is -0.597. The zero-order valence-corrected chi connectivity index (χ0v) is 18.7. The number of nitrogens with one attached hydrogen (secondary N) is 1. The number of fused-ring (bicyclic) bond motifs is 3. The number of carbonyl (C=O) groups excluding carboxylic acids is 1. The Morgan fingerprint density at radius 2 is 1.88 bits per heavy atom. The largest absolute Gasteiger partial charge is 0.466 e. The third kappa shape index (κ3) is 3.00. The van der Waals surface area contributed by atoms with Crippen molar-refractivity contribution >= 4 is 22.9 Å². The van der Waals surface area contributed by atoms with Crippen molar-refractivity contribution in [1.82, 2.24) is 9.88 Å². The number of methoxy groups -OCH3 is 1. The van der Waals surface area contributed by atoms with E-state index in [0.717, 1.165) is 53.8 Å². The van der Waals surface area contributed by atoms with Crippen LogP contribution in [-0.4, -0.2) is 34.5 Å². The predicted molar refractivity (Wildman–Crippen MR) is 123 cm³/mol. The second-order valence-electron chi connectivity index (χ2n) is 9.88. The summed E-state index contributed by atoms with van der Waals surface area (Å²) in [5.41, 5.74) is 3.45. The number of ether oxygens (including phenoxy) is 1. The van der Waals surface area contributed by atoms with Crippen LogP contribution in [0, 0.1) is 17.6 Å². The van der Waals surface area contributed by atoms with E-state index >= 15 is 8.78 Å². The van der Waals surface area contributed by atoms with E-state index in [9.17, 15) is 4.79 Å². The van der Waals surface area contributed by atoms with Crippen molar-refractivity contribution < 1.29 is 18.3 Å². The lowest BCUT2D eigenvalue weighted by Crippen LogP contribution is -2.71. The minimum Gasteiger partial charge on any atom is -0.466 e. The summed E-state index contributed by atoms with van der Waals surface area (Å²) in [7, 11) is 1.26. The molecule has 0 saturated heterocycles. The van der Waals surface area contributed by atoms with Crippen molar-refractivity contribution in [2.75, 3.05) is 7.11 Å². The van der Waals surface area contributed by atoms with Crippen LogP contribution >= 0.6 is 0 Å². The van der Waals surface area contributed by atoms with Crippen LogP contribution in [0.5, 0.6) is 0 Å². The first-order valence-electron chi connectivity index (χ1n) is 11.5. The van der Waals surface area contributed by atoms with E-state index in [2.05, 4.69) is 27.6 Å². The maximum absolute atomic E-state index is 15.6. The number of hydrogen-bond donors (Lipinski definition) is 1. The van der Waals surface area contributed by atoms with Gasteiger partial charge in [0.2, 0.25) is 0 Å². The van der Waals surface area contributed by atoms with Crippen molar-refractivity contribution in [3.8, 4) is 0 Å². The zero-order chi connectivity index (χ0) is 22.9. The molecule has 2 atom stereocenters. The Kier molecular flexibility index (Phi) is 4.53. The van der Waals surface area contributed by atoms with Crippen LogP contribution in [0.4, 0.5) is 8.78 Å². The van der Waals surface area contributed by atoms with Gasteiger partial charge in [-0.1, -0.05) is 18.2 Å². The Labute approximate surface area is 191 Å². The van der Waals surface area contributed by atoms with Gasteiger partial charge < -0.3 is 9.72 Å². The second kappa shape index (κ2) is 7.26. The Bertz CT molecular complexity index is 1270. The highest BCUT2D eigenvalue weighted by molar-refractivity contribution is 5.87. The van der Waals surface area contributed by atoms with Crippen LogP contribution in [0.3, 0.4) is 0 Å². The summed E-state index contributed by atoms with van der Waals surface area (Å²) >= 11 is 0. The van der Waals surface area contributed by atoms with E-state index in [1.807, 2.05) is 18.2 Å². The lowest BCUT2D eigenvalue weighted by Gasteiger charge is -2.70. The molecule has 2 heterocycles. The molecule has 0 unspecified atom stereocenters. The average molecular weight is 449 g/mol. The molecule has 7 rings (SSSR count). The normalized spacial score (nSPS) is 28.4. The minimum absolute atomic E-state index is 0.0338. The summed E-state index contributed by atoms with van der Waals surface area (Å²) in [6, 6.07) is 10.3. The van der Waals surface area contributed by atoms with E-state index < -0.39 is 23.6 Å². The van der Waals surface area contributed by atoms with Gasteiger partial charge in [0.05, 0.1) is 13.2 Å². The maximum Gasteiger partial charge on any atom is 0.330 e. The topological polar surface area (TPSA) is 45.3 Å². The van der Waals surface area contributed by atoms with Crippen LogP contribution in [0.2, 0.25) is 0 Å². The van der Waals surface area contributed by atoms with E-state index in [1.54, 1.807) is 0 Å². The Morgan fingerprint density at radius 3 is 2.52 bits per heavy atom. The first-order chi connectivity index (χ1) is 15.9. The van der Waals surface area contributed by atoms with Crippen molar-refractivity contribution in [1.29, 1.82) is 0 Å². The van der Waals surface area contributed by atoms with Gasteiger partial charge >= 0.3 is 5.97 Å². The van der Waals surface area contributed by atoms with Gasteiger partial charge in [0, 0.05) is 39.8 Å². The molecule has 0 radical (unpaired) electrons. The Balaban J connectivity index is 1.51. The smallest absolute Gasteiger partial charge is 0.330 e. The number of aromatic nitrogens is 1. The summed E-state index contributed by atoms with van der Waals surface area (Å²) in [6.45, 7) is 2.18. The van der Waals surface area contributed by atoms with Crippen LogP contribution in [0.25, 0.3) is 17.0 Å². The fourth-order valence-corrected chi connectivity index (χ4v) is 6.43. The Hall–Kier alpha value is -2.99. The van der Waals surface area contributed by atoms with Gasteiger partial charge in [0.15, 0.2) is 0 Å². The van der Waals surface area contributed by atoms with Gasteiger partial charge in [-0.15, -0.1) is 0 Å². The Morgan fingerprint density at radius 1 is 1.18 bits per heavy atom. The quantitative estimate of drug-likeness (QED) is 0.422. The van der Waals surface area contributed by atoms with Gasteiger partial charge in [-0.2, -0.15) is 0 Å². The van der Waals surface area contributed by atoms with Gasteiger partial charge in [-0.3, -0.25) is 4.90 Å². The summed E-state index contributed by atoms with van der Waals surface area (Å²) in [6.07, 6.45) is 6.70. The molecule has 4 nitrogen and oxygen atoms in total. The number of nitrogens with zero attached hydrogens (tertiary/aromatic N) is 1. The number of H-pyrrole nitrogens is 1. The van der Waals surface area contributed by atoms with Crippen LogP contribution in [-0.2, 0) is 16.0 Å². The number of benzene rings is 2. The fourth-order valence-electron chi connectivity index (χ4n) is 6.43. The number of esters is 1. The molecule has 0 amide bonds. The van der Waals surface area contributed by atoms with Gasteiger partial charge in [-0.05, 0) is 73.9 Å². The molecule has 0 spiro atoms. The molecule has 3 aromatic rings. The van der Waals surface area contributed by atoms with Crippen molar-refractivity contribution in [3.05, 3.63) is 76.5 Å². The molecule has 2 bridgehead atoms. The third-order valence-corrected chi connectivity index (χ3v) is 7.91. The molecule has 1 N–H and O–H groups in total. The van der Waals surface area contributed by atoms with Crippen molar-refractivity contribution in [2.45, 2.75) is 50.2 Å². The van der Waals surface area contributed by atoms with E-state index in [1.165, 1.54) is 31.4 Å². The van der Waals surface area contributed by atoms with Crippen LogP contribution in [0.15, 0.2) is 42.5 Å². The molecule has 3 saturated carbocycles. The predicted octanol–water partition coefficient (Wildman–Crippen LogP) is 5.52. The molecule has 1 aromatic heterocycles. The zero-order valence-electron chi connectivity index (χ0n) is 18.7. The highest BCUT2D eigenvalue weighted by atomic mass is 19.1. The van der Waals surface area contributed by atoms with Gasteiger partial charge in [0.1, 0.15) is 11.6 Å². The molecule has 3 fully saturated rings.